The number of halogens is 2. The van der Waals surface area contributed by atoms with Gasteiger partial charge in [-0.3, -0.25) is 9.78 Å². The number of hydrogen-bond donors (Lipinski definition) is 3. The summed E-state index contributed by atoms with van der Waals surface area (Å²) in [6.45, 7) is 0.295. The maximum atomic E-state index is 13.6. The summed E-state index contributed by atoms with van der Waals surface area (Å²) in [5.74, 6) is -0.809. The zero-order valence-electron chi connectivity index (χ0n) is 17.8. The highest BCUT2D eigenvalue weighted by Gasteiger charge is 2.16. The minimum atomic E-state index is -1.09. The number of hydrogen-bond acceptors (Lipinski definition) is 6. The van der Waals surface area contributed by atoms with Crippen LogP contribution in [0.1, 0.15) is 27.0 Å². The van der Waals surface area contributed by atoms with Gasteiger partial charge in [0.1, 0.15) is 23.2 Å². The molecule has 9 nitrogen and oxygen atoms in total. The van der Waals surface area contributed by atoms with Crippen LogP contribution in [0.5, 0.6) is 0 Å². The van der Waals surface area contributed by atoms with Crippen molar-refractivity contribution in [3.63, 3.8) is 0 Å². The lowest BCUT2D eigenvalue weighted by Crippen LogP contribution is -2.33. The lowest BCUT2D eigenvalue weighted by Gasteiger charge is -2.17. The molecule has 3 N–H and O–H groups in total. The van der Waals surface area contributed by atoms with Crippen molar-refractivity contribution in [1.29, 1.82) is 0 Å². The van der Waals surface area contributed by atoms with Gasteiger partial charge in [0, 0.05) is 43.6 Å². The second-order valence-corrected chi connectivity index (χ2v) is 8.30. The normalized spacial score (nSPS) is 11.0. The van der Waals surface area contributed by atoms with Crippen LogP contribution in [-0.2, 0) is 19.4 Å². The Morgan fingerprint density at radius 3 is 2.76 bits per heavy atom. The summed E-state index contributed by atoms with van der Waals surface area (Å²) >= 11 is 1.24. The standard InChI is InChI=1S/C22H20F2N6O3S/c23-13-3-4-15-16(10-13)28-19(27-15)5-8-30(22(32)33)9-6-20-29-18(12-34-20)21(31)26-11-17-14(24)2-1-7-25-17/h1-4,7,10,12H,5-6,8-9,11H2,(H,26,31)(H,27,28)(H,32,33). The first-order valence-electron chi connectivity index (χ1n) is 10.3. The third kappa shape index (κ3) is 5.70. The molecule has 0 unspecified atom stereocenters. The molecule has 3 heterocycles. The van der Waals surface area contributed by atoms with E-state index < -0.39 is 23.6 Å². The van der Waals surface area contributed by atoms with Crippen LogP contribution in [-0.4, -0.2) is 55.0 Å². The number of amides is 2. The van der Waals surface area contributed by atoms with Crippen molar-refractivity contribution in [1.82, 2.24) is 30.2 Å². The van der Waals surface area contributed by atoms with Gasteiger partial charge in [-0.25, -0.2) is 23.5 Å². The highest BCUT2D eigenvalue weighted by Crippen LogP contribution is 2.15. The van der Waals surface area contributed by atoms with E-state index in [1.54, 1.807) is 11.4 Å². The Hall–Kier alpha value is -3.93. The minimum absolute atomic E-state index is 0.0699. The molecule has 0 saturated heterocycles. The number of carboxylic acid groups (broad SMARTS) is 1. The van der Waals surface area contributed by atoms with Gasteiger partial charge in [0.2, 0.25) is 0 Å². The topological polar surface area (TPSA) is 124 Å². The Balaban J connectivity index is 1.29. The predicted octanol–water partition coefficient (Wildman–Crippen LogP) is 3.39. The van der Waals surface area contributed by atoms with Crippen LogP contribution in [0.4, 0.5) is 13.6 Å². The zero-order valence-corrected chi connectivity index (χ0v) is 18.6. The van der Waals surface area contributed by atoms with E-state index in [1.807, 2.05) is 0 Å². The fraction of sp³-hybridized carbons (Fsp3) is 0.227. The van der Waals surface area contributed by atoms with Crippen LogP contribution >= 0.6 is 11.3 Å². The van der Waals surface area contributed by atoms with E-state index in [-0.39, 0.29) is 31.0 Å². The van der Waals surface area contributed by atoms with E-state index in [9.17, 15) is 23.5 Å². The number of carbonyl (C=O) groups excluding carboxylic acids is 1. The van der Waals surface area contributed by atoms with Crippen molar-refractivity contribution in [3.8, 4) is 0 Å². The number of pyridine rings is 1. The molecule has 176 valence electrons. The van der Waals surface area contributed by atoms with Gasteiger partial charge in [-0.1, -0.05) is 0 Å². The summed E-state index contributed by atoms with van der Waals surface area (Å²) in [6, 6.07) is 6.95. The van der Waals surface area contributed by atoms with Crippen molar-refractivity contribution >= 4 is 34.4 Å². The van der Waals surface area contributed by atoms with E-state index in [4.69, 9.17) is 0 Å². The fourth-order valence-electron chi connectivity index (χ4n) is 3.26. The average Bonchev–Trinajstić information content (AvgIpc) is 3.44. The molecule has 0 atom stereocenters. The molecule has 3 aromatic heterocycles. The summed E-state index contributed by atoms with van der Waals surface area (Å²) in [5.41, 5.74) is 1.46. The summed E-state index contributed by atoms with van der Waals surface area (Å²) in [7, 11) is 0. The molecule has 0 saturated carbocycles. The van der Waals surface area contributed by atoms with Gasteiger partial charge in [0.15, 0.2) is 0 Å². The smallest absolute Gasteiger partial charge is 0.407 e. The second-order valence-electron chi connectivity index (χ2n) is 7.36. The van der Waals surface area contributed by atoms with Gasteiger partial charge >= 0.3 is 6.09 Å². The Labute approximate surface area is 196 Å². The van der Waals surface area contributed by atoms with Gasteiger partial charge in [0.05, 0.1) is 28.3 Å². The third-order valence-electron chi connectivity index (χ3n) is 5.01. The van der Waals surface area contributed by atoms with Crippen molar-refractivity contribution in [2.45, 2.75) is 19.4 Å². The van der Waals surface area contributed by atoms with E-state index in [2.05, 4.69) is 25.3 Å². The predicted molar refractivity (Wildman–Crippen MR) is 121 cm³/mol. The molecule has 1 aromatic carbocycles. The van der Waals surface area contributed by atoms with Crippen LogP contribution in [0.15, 0.2) is 41.9 Å². The number of carbonyl (C=O) groups is 2. The van der Waals surface area contributed by atoms with Gasteiger partial charge in [-0.2, -0.15) is 0 Å². The van der Waals surface area contributed by atoms with Crippen molar-refractivity contribution in [3.05, 3.63) is 75.8 Å². The summed E-state index contributed by atoms with van der Waals surface area (Å²) in [6.07, 6.45) is 1.00. The highest BCUT2D eigenvalue weighted by atomic mass is 32.1. The van der Waals surface area contributed by atoms with Crippen LogP contribution in [0.2, 0.25) is 0 Å². The molecule has 2 amide bonds. The van der Waals surface area contributed by atoms with E-state index in [1.165, 1.54) is 46.7 Å². The first-order valence-corrected chi connectivity index (χ1v) is 11.2. The summed E-state index contributed by atoms with van der Waals surface area (Å²) < 4.78 is 27.0. The molecular weight excluding hydrogens is 466 g/mol. The number of rotatable bonds is 9. The van der Waals surface area contributed by atoms with Crippen LogP contribution in [0.3, 0.4) is 0 Å². The molecule has 34 heavy (non-hydrogen) atoms. The van der Waals surface area contributed by atoms with Gasteiger partial charge in [0.25, 0.3) is 5.91 Å². The quantitative estimate of drug-likeness (QED) is 0.333. The zero-order chi connectivity index (χ0) is 24.1. The summed E-state index contributed by atoms with van der Waals surface area (Å²) in [4.78, 5) is 40.6. The lowest BCUT2D eigenvalue weighted by molar-refractivity contribution is 0.0945. The number of nitrogens with zero attached hydrogens (tertiary/aromatic N) is 4. The number of fused-ring (bicyclic) bond motifs is 1. The maximum absolute atomic E-state index is 13.6. The SMILES string of the molecule is O=C(NCc1ncccc1F)c1csc(CCN(CCc2nc3cc(F)ccc3[nH]2)C(=O)O)n1. The van der Waals surface area contributed by atoms with E-state index in [0.29, 0.717) is 34.7 Å². The van der Waals surface area contributed by atoms with Crippen molar-refractivity contribution in [2.75, 3.05) is 13.1 Å². The van der Waals surface area contributed by atoms with E-state index >= 15 is 0 Å². The number of benzene rings is 1. The number of imidazole rings is 1. The number of thiazole rings is 1. The number of H-pyrrole nitrogens is 1. The van der Waals surface area contributed by atoms with Gasteiger partial charge in [-0.15, -0.1) is 11.3 Å². The number of aromatic nitrogens is 4. The van der Waals surface area contributed by atoms with Crippen molar-refractivity contribution < 1.29 is 23.5 Å². The first kappa shape index (κ1) is 23.2. The monoisotopic (exact) mass is 486 g/mol. The Kier molecular flexibility index (Phi) is 7.07. The molecule has 0 bridgehead atoms. The Bertz CT molecular complexity index is 1320. The molecular formula is C22H20F2N6O3S. The number of aromatic amines is 1. The molecule has 4 rings (SSSR count). The summed E-state index contributed by atoms with van der Waals surface area (Å²) in [5, 5.41) is 14.3. The minimum Gasteiger partial charge on any atom is -0.465 e. The van der Waals surface area contributed by atoms with Crippen molar-refractivity contribution in [2.24, 2.45) is 0 Å². The average molecular weight is 487 g/mol. The lowest BCUT2D eigenvalue weighted by atomic mass is 10.3. The van der Waals surface area contributed by atoms with Gasteiger partial charge in [-0.05, 0) is 24.3 Å². The molecule has 12 heteroatoms. The Morgan fingerprint density at radius 2 is 1.97 bits per heavy atom. The molecule has 0 spiro atoms. The Morgan fingerprint density at radius 1 is 1.15 bits per heavy atom. The molecule has 0 aliphatic carbocycles. The first-order chi connectivity index (χ1) is 16.4. The van der Waals surface area contributed by atoms with Crippen LogP contribution < -0.4 is 5.32 Å². The fourth-order valence-corrected chi connectivity index (χ4v) is 4.03. The third-order valence-corrected chi connectivity index (χ3v) is 5.92. The molecule has 0 aliphatic heterocycles. The molecule has 0 aliphatic rings. The van der Waals surface area contributed by atoms with Crippen LogP contribution in [0.25, 0.3) is 11.0 Å². The highest BCUT2D eigenvalue weighted by molar-refractivity contribution is 7.09. The molecule has 0 radical (unpaired) electrons. The molecule has 4 aromatic rings. The largest absolute Gasteiger partial charge is 0.465 e. The second kappa shape index (κ2) is 10.3. The maximum Gasteiger partial charge on any atom is 0.407 e. The van der Waals surface area contributed by atoms with E-state index in [0.717, 1.165) is 0 Å². The molecule has 0 fully saturated rings. The van der Waals surface area contributed by atoms with Gasteiger partial charge < -0.3 is 20.3 Å². The number of nitrogens with one attached hydrogen (secondary N) is 2. The van der Waals surface area contributed by atoms with Crippen LogP contribution in [0, 0.1) is 11.6 Å².